The molecule has 0 aliphatic rings. The van der Waals surface area contributed by atoms with Crippen LogP contribution in [0.25, 0.3) is 0 Å². The molecule has 6 nitrogen and oxygen atoms in total. The highest BCUT2D eigenvalue weighted by Crippen LogP contribution is 2.16. The molecule has 0 saturated heterocycles. The first-order valence-electron chi connectivity index (χ1n) is 7.56. The van der Waals surface area contributed by atoms with Gasteiger partial charge in [-0.3, -0.25) is 10.2 Å². The summed E-state index contributed by atoms with van der Waals surface area (Å²) in [7, 11) is 0. The number of aryl methyl sites for hydroxylation is 3. The second-order valence-electron chi connectivity index (χ2n) is 5.53. The normalized spacial score (nSPS) is 9.96. The van der Waals surface area contributed by atoms with Crippen LogP contribution in [0.5, 0.6) is 5.75 Å². The van der Waals surface area contributed by atoms with Gasteiger partial charge in [-0.25, -0.2) is 10.2 Å². The van der Waals surface area contributed by atoms with Gasteiger partial charge >= 0.3 is 6.03 Å². The second-order valence-corrected chi connectivity index (χ2v) is 5.53. The van der Waals surface area contributed by atoms with Crippen LogP contribution >= 0.6 is 0 Å². The molecule has 0 atom stereocenters. The Kier molecular flexibility index (Phi) is 5.78. The largest absolute Gasteiger partial charge is 0.484 e. The highest BCUT2D eigenvalue weighted by atomic mass is 16.5. The van der Waals surface area contributed by atoms with E-state index in [2.05, 4.69) is 16.2 Å². The minimum atomic E-state index is -0.528. The summed E-state index contributed by atoms with van der Waals surface area (Å²) in [6.07, 6.45) is 0. The standard InChI is InChI=1S/C18H21N3O3/c1-12-5-4-6-15(9-12)19-18(23)21-20-17(22)11-24-16-8-7-13(2)14(3)10-16/h4-10H,11H2,1-3H3,(H,20,22)(H2,19,21,23). The van der Waals surface area contributed by atoms with Crippen molar-refractivity contribution < 1.29 is 14.3 Å². The van der Waals surface area contributed by atoms with E-state index < -0.39 is 11.9 Å². The number of hydrogen-bond acceptors (Lipinski definition) is 3. The van der Waals surface area contributed by atoms with Crippen molar-refractivity contribution >= 4 is 17.6 Å². The molecule has 2 aromatic rings. The fraction of sp³-hybridized carbons (Fsp3) is 0.222. The smallest absolute Gasteiger partial charge is 0.337 e. The molecule has 2 aromatic carbocycles. The van der Waals surface area contributed by atoms with E-state index in [1.165, 1.54) is 0 Å². The number of hydrazine groups is 1. The average Bonchev–Trinajstić information content (AvgIpc) is 2.54. The Morgan fingerprint density at radius 2 is 1.75 bits per heavy atom. The van der Waals surface area contributed by atoms with Gasteiger partial charge in [-0.1, -0.05) is 18.2 Å². The van der Waals surface area contributed by atoms with Gasteiger partial charge in [0.2, 0.25) is 0 Å². The molecule has 0 aliphatic carbocycles. The minimum absolute atomic E-state index is 0.187. The molecular weight excluding hydrogens is 306 g/mol. The van der Waals surface area contributed by atoms with Gasteiger partial charge < -0.3 is 10.1 Å². The van der Waals surface area contributed by atoms with Crippen LogP contribution in [0.4, 0.5) is 10.5 Å². The number of nitrogens with one attached hydrogen (secondary N) is 3. The molecule has 6 heteroatoms. The molecule has 0 fully saturated rings. The van der Waals surface area contributed by atoms with E-state index in [9.17, 15) is 9.59 Å². The van der Waals surface area contributed by atoms with E-state index in [0.717, 1.165) is 16.7 Å². The van der Waals surface area contributed by atoms with Crippen LogP contribution in [0.2, 0.25) is 0 Å². The molecule has 0 radical (unpaired) electrons. The fourth-order valence-corrected chi connectivity index (χ4v) is 2.00. The molecule has 24 heavy (non-hydrogen) atoms. The highest BCUT2D eigenvalue weighted by molar-refractivity contribution is 5.91. The summed E-state index contributed by atoms with van der Waals surface area (Å²) in [5, 5.41) is 2.62. The Labute approximate surface area is 141 Å². The van der Waals surface area contributed by atoms with Crippen molar-refractivity contribution in [2.45, 2.75) is 20.8 Å². The lowest BCUT2D eigenvalue weighted by Crippen LogP contribution is -2.45. The van der Waals surface area contributed by atoms with Gasteiger partial charge in [-0.2, -0.15) is 0 Å². The van der Waals surface area contributed by atoms with Crippen LogP contribution in [-0.2, 0) is 4.79 Å². The van der Waals surface area contributed by atoms with Crippen LogP contribution in [0.1, 0.15) is 16.7 Å². The molecule has 3 N–H and O–H groups in total. The number of amides is 3. The summed E-state index contributed by atoms with van der Waals surface area (Å²) in [5.41, 5.74) is 8.48. The van der Waals surface area contributed by atoms with E-state index in [1.807, 2.05) is 51.1 Å². The SMILES string of the molecule is Cc1cccc(NC(=O)NNC(=O)COc2ccc(C)c(C)c2)c1. The van der Waals surface area contributed by atoms with Crippen LogP contribution in [-0.4, -0.2) is 18.5 Å². The number of rotatable bonds is 4. The third-order valence-corrected chi connectivity index (χ3v) is 3.44. The first-order valence-corrected chi connectivity index (χ1v) is 7.56. The molecule has 0 spiro atoms. The van der Waals surface area contributed by atoms with Crippen LogP contribution in [0.15, 0.2) is 42.5 Å². The van der Waals surface area contributed by atoms with Crippen molar-refractivity contribution in [3.63, 3.8) is 0 Å². The zero-order chi connectivity index (χ0) is 17.5. The van der Waals surface area contributed by atoms with Gasteiger partial charge in [-0.05, 0) is 61.7 Å². The van der Waals surface area contributed by atoms with E-state index in [4.69, 9.17) is 4.74 Å². The van der Waals surface area contributed by atoms with Gasteiger partial charge in [0.1, 0.15) is 5.75 Å². The van der Waals surface area contributed by atoms with Gasteiger partial charge in [0.15, 0.2) is 6.61 Å². The van der Waals surface area contributed by atoms with E-state index >= 15 is 0 Å². The third kappa shape index (κ3) is 5.31. The van der Waals surface area contributed by atoms with Gasteiger partial charge in [-0.15, -0.1) is 0 Å². The van der Waals surface area contributed by atoms with Crippen molar-refractivity contribution in [1.82, 2.24) is 10.9 Å². The van der Waals surface area contributed by atoms with Crippen molar-refractivity contribution in [2.24, 2.45) is 0 Å². The van der Waals surface area contributed by atoms with Crippen molar-refractivity contribution in [3.8, 4) is 5.75 Å². The Balaban J connectivity index is 1.74. The molecule has 0 saturated carbocycles. The lowest BCUT2D eigenvalue weighted by molar-refractivity contribution is -0.123. The van der Waals surface area contributed by atoms with Crippen molar-refractivity contribution in [1.29, 1.82) is 0 Å². The van der Waals surface area contributed by atoms with Gasteiger partial charge in [0.05, 0.1) is 0 Å². The summed E-state index contributed by atoms with van der Waals surface area (Å²) >= 11 is 0. The number of benzene rings is 2. The number of carbonyl (C=O) groups is 2. The number of ether oxygens (including phenoxy) is 1. The lowest BCUT2D eigenvalue weighted by Gasteiger charge is -2.11. The quantitative estimate of drug-likeness (QED) is 0.756. The highest BCUT2D eigenvalue weighted by Gasteiger charge is 2.06. The maximum atomic E-state index is 11.7. The topological polar surface area (TPSA) is 79.5 Å². The maximum Gasteiger partial charge on any atom is 0.337 e. The zero-order valence-electron chi connectivity index (χ0n) is 14.0. The van der Waals surface area contributed by atoms with Gasteiger partial charge in [0.25, 0.3) is 5.91 Å². The van der Waals surface area contributed by atoms with Crippen molar-refractivity contribution in [3.05, 3.63) is 59.2 Å². The van der Waals surface area contributed by atoms with Crippen LogP contribution in [0, 0.1) is 20.8 Å². The number of carbonyl (C=O) groups excluding carboxylic acids is 2. The predicted octanol–water partition coefficient (Wildman–Crippen LogP) is 2.84. The summed E-state index contributed by atoms with van der Waals surface area (Å²) in [6.45, 7) is 5.71. The second kappa shape index (κ2) is 8.01. The third-order valence-electron chi connectivity index (χ3n) is 3.44. The van der Waals surface area contributed by atoms with Crippen LogP contribution in [0.3, 0.4) is 0 Å². The zero-order valence-corrected chi connectivity index (χ0v) is 14.0. The number of anilines is 1. The number of hydrogen-bond donors (Lipinski definition) is 3. The molecule has 0 unspecified atom stereocenters. The predicted molar refractivity (Wildman–Crippen MR) is 92.9 cm³/mol. The fourth-order valence-electron chi connectivity index (χ4n) is 2.00. The Morgan fingerprint density at radius 3 is 2.46 bits per heavy atom. The molecule has 3 amide bonds. The molecule has 126 valence electrons. The average molecular weight is 327 g/mol. The van der Waals surface area contributed by atoms with Gasteiger partial charge in [0, 0.05) is 5.69 Å². The van der Waals surface area contributed by atoms with E-state index in [1.54, 1.807) is 12.1 Å². The van der Waals surface area contributed by atoms with Crippen LogP contribution < -0.4 is 20.9 Å². The Bertz CT molecular complexity index is 744. The van der Waals surface area contributed by atoms with Crippen molar-refractivity contribution in [2.75, 3.05) is 11.9 Å². The Morgan fingerprint density at radius 1 is 0.958 bits per heavy atom. The molecule has 2 rings (SSSR count). The molecule has 0 bridgehead atoms. The van der Waals surface area contributed by atoms with E-state index in [0.29, 0.717) is 11.4 Å². The first-order chi connectivity index (χ1) is 11.4. The lowest BCUT2D eigenvalue weighted by atomic mass is 10.1. The van der Waals surface area contributed by atoms with E-state index in [-0.39, 0.29) is 6.61 Å². The molecular formula is C18H21N3O3. The number of urea groups is 1. The maximum absolute atomic E-state index is 11.7. The summed E-state index contributed by atoms with van der Waals surface area (Å²) in [6, 6.07) is 12.4. The molecule has 0 aliphatic heterocycles. The summed E-state index contributed by atoms with van der Waals surface area (Å²) in [4.78, 5) is 23.4. The molecule has 0 aromatic heterocycles. The molecule has 0 heterocycles. The minimum Gasteiger partial charge on any atom is -0.484 e. The monoisotopic (exact) mass is 327 g/mol. The first kappa shape index (κ1) is 17.3. The summed E-state index contributed by atoms with van der Waals surface area (Å²) in [5.74, 6) is 0.157. The Hall–Kier alpha value is -3.02. The summed E-state index contributed by atoms with van der Waals surface area (Å²) < 4.78 is 5.39.